The highest BCUT2D eigenvalue weighted by molar-refractivity contribution is 7.89. The summed E-state index contributed by atoms with van der Waals surface area (Å²) >= 11 is 6.31. The Morgan fingerprint density at radius 1 is 1.35 bits per heavy atom. The van der Waals surface area contributed by atoms with Crippen LogP contribution >= 0.6 is 23.6 Å². The van der Waals surface area contributed by atoms with E-state index in [0.29, 0.717) is 18.5 Å². The van der Waals surface area contributed by atoms with Gasteiger partial charge in [-0.3, -0.25) is 0 Å². The summed E-state index contributed by atoms with van der Waals surface area (Å²) in [5.74, 6) is 0. The molecule has 0 spiro atoms. The largest absolute Gasteiger partial charge is 0.389 e. The van der Waals surface area contributed by atoms with Crippen LogP contribution in [0.15, 0.2) is 40.1 Å². The van der Waals surface area contributed by atoms with Crippen molar-refractivity contribution in [3.63, 3.8) is 0 Å². The van der Waals surface area contributed by atoms with Gasteiger partial charge in [0.2, 0.25) is 10.0 Å². The van der Waals surface area contributed by atoms with Gasteiger partial charge in [0.25, 0.3) is 0 Å². The maximum atomic E-state index is 12.0. The highest BCUT2D eigenvalue weighted by atomic mass is 32.2. The smallest absolute Gasteiger partial charge is 0.240 e. The molecule has 0 fully saturated rings. The maximum Gasteiger partial charge on any atom is 0.240 e. The molecule has 0 aliphatic carbocycles. The van der Waals surface area contributed by atoms with E-state index in [1.165, 1.54) is 23.5 Å². The van der Waals surface area contributed by atoms with Gasteiger partial charge in [0.1, 0.15) is 4.99 Å². The van der Waals surface area contributed by atoms with Gasteiger partial charge in [-0.1, -0.05) is 24.4 Å². The number of benzene rings is 1. The van der Waals surface area contributed by atoms with Crippen molar-refractivity contribution in [3.05, 3.63) is 46.4 Å². The van der Waals surface area contributed by atoms with Gasteiger partial charge >= 0.3 is 0 Å². The summed E-state index contributed by atoms with van der Waals surface area (Å²) in [7, 11) is -3.51. The Morgan fingerprint density at radius 2 is 2.05 bits per heavy atom. The van der Waals surface area contributed by atoms with Gasteiger partial charge in [-0.05, 0) is 12.1 Å². The van der Waals surface area contributed by atoms with Crippen LogP contribution in [0.5, 0.6) is 0 Å². The molecule has 8 heteroatoms. The second kappa shape index (κ2) is 6.40. The van der Waals surface area contributed by atoms with E-state index in [4.69, 9.17) is 18.0 Å². The van der Waals surface area contributed by atoms with Crippen LogP contribution in [0.4, 0.5) is 0 Å². The summed E-state index contributed by atoms with van der Waals surface area (Å²) in [6.07, 6.45) is 0.563. The molecule has 1 aromatic heterocycles. The van der Waals surface area contributed by atoms with Crippen LogP contribution in [0, 0.1) is 0 Å². The minimum atomic E-state index is -3.51. The fourth-order valence-electron chi connectivity index (χ4n) is 1.56. The summed E-state index contributed by atoms with van der Waals surface area (Å²) in [5.41, 5.74) is 8.70. The van der Waals surface area contributed by atoms with E-state index in [-0.39, 0.29) is 9.88 Å². The Morgan fingerprint density at radius 3 is 2.60 bits per heavy atom. The Balaban J connectivity index is 2.00. The third-order valence-electron chi connectivity index (χ3n) is 2.61. The molecule has 1 aromatic carbocycles. The van der Waals surface area contributed by atoms with Gasteiger partial charge in [-0.2, -0.15) is 0 Å². The summed E-state index contributed by atoms with van der Waals surface area (Å²) in [4.78, 5) is 4.53. The highest BCUT2D eigenvalue weighted by Gasteiger charge is 2.13. The average Bonchev–Trinajstić information content (AvgIpc) is 2.92. The first-order chi connectivity index (χ1) is 9.49. The number of nitrogens with one attached hydrogen (secondary N) is 1. The number of sulfonamides is 1. The maximum absolute atomic E-state index is 12.0. The molecule has 2 aromatic rings. The van der Waals surface area contributed by atoms with Crippen LogP contribution in [-0.2, 0) is 16.4 Å². The molecule has 0 radical (unpaired) electrons. The zero-order valence-corrected chi connectivity index (χ0v) is 12.9. The first-order valence-corrected chi connectivity index (χ1v) is 8.59. The molecular formula is C12H13N3O2S3. The lowest BCUT2D eigenvalue weighted by Crippen LogP contribution is -2.26. The zero-order valence-electron chi connectivity index (χ0n) is 10.4. The molecule has 0 aliphatic heterocycles. The molecular weight excluding hydrogens is 314 g/mol. The van der Waals surface area contributed by atoms with Crippen molar-refractivity contribution < 1.29 is 8.42 Å². The fourth-order valence-corrected chi connectivity index (χ4v) is 3.32. The van der Waals surface area contributed by atoms with Crippen LogP contribution in [-0.4, -0.2) is 24.9 Å². The first kappa shape index (κ1) is 15.0. The highest BCUT2D eigenvalue weighted by Crippen LogP contribution is 2.10. The molecule has 5 nitrogen and oxygen atoms in total. The molecule has 1 heterocycles. The van der Waals surface area contributed by atoms with Crippen molar-refractivity contribution in [3.8, 4) is 0 Å². The van der Waals surface area contributed by atoms with E-state index in [2.05, 4.69) is 9.71 Å². The topological polar surface area (TPSA) is 85.1 Å². The standard InChI is InChI=1S/C12H13N3O2S3/c13-12(18)9-1-3-11(4-2-9)20(16,17)15-6-5-10-7-19-8-14-10/h1-4,7-8,15H,5-6H2,(H2,13,18). The Hall–Kier alpha value is -1.35. The predicted molar refractivity (Wildman–Crippen MR) is 83.3 cm³/mol. The lowest BCUT2D eigenvalue weighted by atomic mass is 10.2. The molecule has 0 aliphatic rings. The van der Waals surface area contributed by atoms with Crippen molar-refractivity contribution in [2.45, 2.75) is 11.3 Å². The Kier molecular flexibility index (Phi) is 4.81. The van der Waals surface area contributed by atoms with Gasteiger partial charge in [-0.25, -0.2) is 18.1 Å². The van der Waals surface area contributed by atoms with Crippen LogP contribution in [0.3, 0.4) is 0 Å². The number of rotatable bonds is 6. The molecule has 106 valence electrons. The molecule has 0 unspecified atom stereocenters. The minimum absolute atomic E-state index is 0.191. The second-order valence-corrected chi connectivity index (χ2v) is 6.94. The van der Waals surface area contributed by atoms with Crippen molar-refractivity contribution in [1.29, 1.82) is 0 Å². The van der Waals surface area contributed by atoms with Gasteiger partial charge in [0, 0.05) is 23.9 Å². The van der Waals surface area contributed by atoms with Crippen molar-refractivity contribution >= 4 is 38.6 Å². The van der Waals surface area contributed by atoms with Crippen molar-refractivity contribution in [1.82, 2.24) is 9.71 Å². The number of thiocarbonyl (C=S) groups is 1. The molecule has 2 rings (SSSR count). The van der Waals surface area contributed by atoms with E-state index >= 15 is 0 Å². The van der Waals surface area contributed by atoms with Gasteiger partial charge < -0.3 is 5.73 Å². The first-order valence-electron chi connectivity index (χ1n) is 5.75. The molecule has 3 N–H and O–H groups in total. The van der Waals surface area contributed by atoms with E-state index in [1.807, 2.05) is 5.38 Å². The number of thiazole rings is 1. The number of nitrogens with two attached hydrogens (primary N) is 1. The van der Waals surface area contributed by atoms with Crippen molar-refractivity contribution in [2.75, 3.05) is 6.54 Å². The average molecular weight is 327 g/mol. The second-order valence-electron chi connectivity index (χ2n) is 4.02. The lowest BCUT2D eigenvalue weighted by Gasteiger charge is -2.06. The minimum Gasteiger partial charge on any atom is -0.389 e. The van der Waals surface area contributed by atoms with Gasteiger partial charge in [0.15, 0.2) is 0 Å². The third kappa shape index (κ3) is 3.83. The summed E-state index contributed by atoms with van der Waals surface area (Å²) < 4.78 is 26.6. The fraction of sp³-hybridized carbons (Fsp3) is 0.167. The summed E-state index contributed by atoms with van der Waals surface area (Å²) in [5, 5.41) is 1.89. The van der Waals surface area contributed by atoms with Crippen LogP contribution in [0.2, 0.25) is 0 Å². The van der Waals surface area contributed by atoms with E-state index in [0.717, 1.165) is 5.69 Å². The zero-order chi connectivity index (χ0) is 14.6. The number of aromatic nitrogens is 1. The molecule has 0 saturated carbocycles. The van der Waals surface area contributed by atoms with Gasteiger partial charge in [-0.15, -0.1) is 11.3 Å². The SMILES string of the molecule is NC(=S)c1ccc(S(=O)(=O)NCCc2cscn2)cc1. The van der Waals surface area contributed by atoms with Gasteiger partial charge in [0.05, 0.1) is 16.1 Å². The van der Waals surface area contributed by atoms with E-state index < -0.39 is 10.0 Å². The van der Waals surface area contributed by atoms with Crippen LogP contribution in [0.1, 0.15) is 11.3 Å². The number of hydrogen-bond donors (Lipinski definition) is 2. The molecule has 0 saturated heterocycles. The lowest BCUT2D eigenvalue weighted by molar-refractivity contribution is 0.581. The predicted octanol–water partition coefficient (Wildman–Crippen LogP) is 1.30. The van der Waals surface area contributed by atoms with Crippen LogP contribution in [0.25, 0.3) is 0 Å². The monoisotopic (exact) mass is 327 g/mol. The normalized spacial score (nSPS) is 11.4. The third-order valence-corrected chi connectivity index (χ3v) is 4.95. The molecule has 0 amide bonds. The van der Waals surface area contributed by atoms with Crippen LogP contribution < -0.4 is 10.5 Å². The summed E-state index contributed by atoms with van der Waals surface area (Å²) in [6, 6.07) is 6.16. The Labute approximate surface area is 126 Å². The molecule has 0 atom stereocenters. The molecule has 20 heavy (non-hydrogen) atoms. The van der Waals surface area contributed by atoms with Crippen molar-refractivity contribution in [2.24, 2.45) is 5.73 Å². The number of hydrogen-bond acceptors (Lipinski definition) is 5. The van der Waals surface area contributed by atoms with E-state index in [1.54, 1.807) is 17.6 Å². The number of nitrogens with zero attached hydrogens (tertiary/aromatic N) is 1. The Bertz CT molecular complexity index is 679. The summed E-state index contributed by atoms with van der Waals surface area (Å²) in [6.45, 7) is 0.309. The molecule has 0 bridgehead atoms. The quantitative estimate of drug-likeness (QED) is 0.781. The van der Waals surface area contributed by atoms with E-state index in [9.17, 15) is 8.42 Å².